The molecule has 0 spiro atoms. The highest BCUT2D eigenvalue weighted by Gasteiger charge is 2.43. The molecule has 0 bridgehead atoms. The van der Waals surface area contributed by atoms with Gasteiger partial charge in [0.1, 0.15) is 0 Å². The highest BCUT2D eigenvalue weighted by molar-refractivity contribution is 7.00. The maximum absolute atomic E-state index is 2.49. The van der Waals surface area contributed by atoms with E-state index in [1.807, 2.05) is 0 Å². The zero-order valence-electron chi connectivity index (χ0n) is 35.7. The van der Waals surface area contributed by atoms with Crippen LogP contribution in [0.5, 0.6) is 0 Å². The topological polar surface area (TPSA) is 13.0 Å². The minimum absolute atomic E-state index is 0.0312. The summed E-state index contributed by atoms with van der Waals surface area (Å²) in [5, 5.41) is 0. The van der Waals surface area contributed by atoms with Gasteiger partial charge in [-0.25, -0.2) is 0 Å². The molecule has 0 unspecified atom stereocenters. The molecule has 0 aromatic heterocycles. The van der Waals surface area contributed by atoms with Gasteiger partial charge in [0.2, 0.25) is 0 Å². The van der Waals surface area contributed by atoms with Gasteiger partial charge in [0.05, 0.1) is 0 Å². The van der Waals surface area contributed by atoms with Crippen LogP contribution in [0.25, 0.3) is 11.1 Å². The van der Waals surface area contributed by atoms with Gasteiger partial charge in [-0.05, 0) is 143 Å². The van der Waals surface area contributed by atoms with Crippen LogP contribution in [0.15, 0.2) is 261 Å². The van der Waals surface area contributed by atoms with Crippen LogP contribution in [0.4, 0.5) is 68.2 Å². The highest BCUT2D eigenvalue weighted by atomic mass is 15.2. The zero-order chi connectivity index (χ0) is 43.1. The minimum atomic E-state index is 0.0312. The van der Waals surface area contributed by atoms with Gasteiger partial charge in [0.15, 0.2) is 0 Å². The lowest BCUT2D eigenvalue weighted by Crippen LogP contribution is -2.61. The normalized spacial score (nSPS) is 12.2. The van der Waals surface area contributed by atoms with Crippen molar-refractivity contribution in [2.24, 2.45) is 0 Å². The third-order valence-corrected chi connectivity index (χ3v) is 12.8. The molecule has 0 atom stereocenters. The van der Waals surface area contributed by atoms with Crippen LogP contribution in [0.2, 0.25) is 0 Å². The lowest BCUT2D eigenvalue weighted by molar-refractivity contribution is 1.24. The molecular formula is C60H43BN4. The molecule has 0 fully saturated rings. The van der Waals surface area contributed by atoms with Gasteiger partial charge >= 0.3 is 0 Å². The second-order valence-corrected chi connectivity index (χ2v) is 16.6. The minimum Gasteiger partial charge on any atom is -0.311 e. The van der Waals surface area contributed by atoms with Crippen molar-refractivity contribution in [1.82, 2.24) is 0 Å². The molecule has 10 aromatic carbocycles. The van der Waals surface area contributed by atoms with Crippen LogP contribution in [0, 0.1) is 0 Å². The van der Waals surface area contributed by atoms with E-state index >= 15 is 0 Å². The number of anilines is 12. The molecular weight excluding hydrogens is 787 g/mol. The lowest BCUT2D eigenvalue weighted by Gasteiger charge is -2.44. The molecule has 5 heteroatoms. The molecule has 4 nitrogen and oxygen atoms in total. The number of hydrogen-bond donors (Lipinski definition) is 0. The van der Waals surface area contributed by atoms with Crippen LogP contribution in [0.1, 0.15) is 0 Å². The van der Waals surface area contributed by atoms with Crippen molar-refractivity contribution in [2.45, 2.75) is 0 Å². The summed E-state index contributed by atoms with van der Waals surface area (Å²) >= 11 is 0. The van der Waals surface area contributed by atoms with Crippen molar-refractivity contribution in [3.63, 3.8) is 0 Å². The largest absolute Gasteiger partial charge is 0.311 e. The predicted octanol–water partition coefficient (Wildman–Crippen LogP) is 14.4. The molecule has 12 rings (SSSR count). The Kier molecular flexibility index (Phi) is 9.57. The Labute approximate surface area is 381 Å². The van der Waals surface area contributed by atoms with Gasteiger partial charge in [-0.15, -0.1) is 0 Å². The third-order valence-electron chi connectivity index (χ3n) is 12.8. The van der Waals surface area contributed by atoms with Crippen LogP contribution >= 0.6 is 0 Å². The number of nitrogens with zero attached hydrogens (tertiary/aromatic N) is 4. The first kappa shape index (κ1) is 38.2. The molecule has 2 aliphatic heterocycles. The Bertz CT molecular complexity index is 3180. The fourth-order valence-electron chi connectivity index (χ4n) is 9.95. The molecule has 306 valence electrons. The molecule has 2 heterocycles. The summed E-state index contributed by atoms with van der Waals surface area (Å²) in [5.74, 6) is 0. The van der Waals surface area contributed by atoms with E-state index in [1.54, 1.807) is 0 Å². The fraction of sp³-hybridized carbons (Fsp3) is 0. The number of fused-ring (bicyclic) bond motifs is 4. The smallest absolute Gasteiger partial charge is 0.252 e. The molecule has 10 aromatic rings. The average molecular weight is 831 g/mol. The first-order valence-corrected chi connectivity index (χ1v) is 22.3. The van der Waals surface area contributed by atoms with Crippen molar-refractivity contribution >= 4 is 91.3 Å². The molecule has 0 saturated heterocycles. The molecule has 0 amide bonds. The Morgan fingerprint density at radius 1 is 0.262 bits per heavy atom. The molecule has 0 aliphatic carbocycles. The van der Waals surface area contributed by atoms with Crippen molar-refractivity contribution in [3.05, 3.63) is 261 Å². The summed E-state index contributed by atoms with van der Waals surface area (Å²) in [6.45, 7) is 0.0312. The van der Waals surface area contributed by atoms with E-state index in [-0.39, 0.29) is 6.71 Å². The number of hydrogen-bond acceptors (Lipinski definition) is 4. The Morgan fingerprint density at radius 2 is 0.631 bits per heavy atom. The first-order chi connectivity index (χ1) is 32.3. The quantitative estimate of drug-likeness (QED) is 0.134. The lowest BCUT2D eigenvalue weighted by atomic mass is 9.33. The summed E-state index contributed by atoms with van der Waals surface area (Å²) in [4.78, 5) is 9.60. The molecule has 2 aliphatic rings. The van der Waals surface area contributed by atoms with Crippen molar-refractivity contribution in [2.75, 3.05) is 19.6 Å². The highest BCUT2D eigenvalue weighted by Crippen LogP contribution is 2.46. The molecule has 0 saturated carbocycles. The predicted molar refractivity (Wildman–Crippen MR) is 275 cm³/mol. The summed E-state index contributed by atoms with van der Waals surface area (Å²) in [7, 11) is 0. The van der Waals surface area contributed by atoms with E-state index in [9.17, 15) is 0 Å². The summed E-state index contributed by atoms with van der Waals surface area (Å²) in [6.07, 6.45) is 0. The monoisotopic (exact) mass is 830 g/mol. The van der Waals surface area contributed by atoms with Crippen molar-refractivity contribution in [3.8, 4) is 11.1 Å². The molecule has 0 radical (unpaired) electrons. The van der Waals surface area contributed by atoms with E-state index in [0.717, 1.165) is 62.3 Å². The van der Waals surface area contributed by atoms with Crippen LogP contribution < -0.4 is 36.0 Å². The number of rotatable bonds is 9. The van der Waals surface area contributed by atoms with Crippen LogP contribution in [0.3, 0.4) is 0 Å². The van der Waals surface area contributed by atoms with E-state index in [4.69, 9.17) is 0 Å². The second-order valence-electron chi connectivity index (χ2n) is 16.6. The Hall–Kier alpha value is -8.54. The van der Waals surface area contributed by atoms with Crippen molar-refractivity contribution < 1.29 is 0 Å². The van der Waals surface area contributed by atoms with Gasteiger partial charge in [0.25, 0.3) is 6.71 Å². The Morgan fingerprint density at radius 3 is 1.17 bits per heavy atom. The van der Waals surface area contributed by atoms with Crippen molar-refractivity contribution in [1.29, 1.82) is 0 Å². The van der Waals surface area contributed by atoms with Gasteiger partial charge < -0.3 is 19.6 Å². The second kappa shape index (κ2) is 16.3. The van der Waals surface area contributed by atoms with E-state index in [0.29, 0.717) is 0 Å². The fourth-order valence-corrected chi connectivity index (χ4v) is 9.95. The maximum atomic E-state index is 2.49. The van der Waals surface area contributed by atoms with Crippen LogP contribution in [-0.4, -0.2) is 6.71 Å². The summed E-state index contributed by atoms with van der Waals surface area (Å²) in [5.41, 5.74) is 19.9. The molecule has 0 N–H and O–H groups in total. The summed E-state index contributed by atoms with van der Waals surface area (Å²) < 4.78 is 0. The van der Waals surface area contributed by atoms with Gasteiger partial charge in [-0.1, -0.05) is 146 Å². The van der Waals surface area contributed by atoms with E-state index in [1.165, 1.54) is 33.5 Å². The molecule has 65 heavy (non-hydrogen) atoms. The number of benzene rings is 10. The average Bonchev–Trinajstić information content (AvgIpc) is 3.38. The van der Waals surface area contributed by atoms with Crippen LogP contribution in [-0.2, 0) is 0 Å². The standard InChI is InChI=1S/C60H43BN4/c1-6-19-46(20-7-1)62(47-21-8-2-9-22-47)51-37-33-44(34-38-51)45-35-39-52(40-36-45)65-58-32-18-31-57-60(58)61(54-29-16-17-30-56(54)64(57)50-27-14-5-15-28-50)55-42-41-53(43-59(55)65)63(48-23-10-3-11-24-48)49-25-12-4-13-26-49/h1-43H. The maximum Gasteiger partial charge on any atom is 0.252 e. The van der Waals surface area contributed by atoms with E-state index < -0.39 is 0 Å². The van der Waals surface area contributed by atoms with Gasteiger partial charge in [0, 0.05) is 68.2 Å². The van der Waals surface area contributed by atoms with Gasteiger partial charge in [-0.3, -0.25) is 0 Å². The summed E-state index contributed by atoms with van der Waals surface area (Å²) in [6, 6.07) is 94.2. The van der Waals surface area contributed by atoms with Gasteiger partial charge in [-0.2, -0.15) is 0 Å². The third kappa shape index (κ3) is 6.73. The first-order valence-electron chi connectivity index (χ1n) is 22.3. The SMILES string of the molecule is c1ccc(N(c2ccccc2)c2ccc(-c3ccc(N4c5cc(N(c6ccccc6)c6ccccc6)ccc5B5c6ccccc6N(c6ccccc6)c6cccc4c65)cc3)cc2)cc1. The zero-order valence-corrected chi connectivity index (χ0v) is 35.7. The van der Waals surface area contributed by atoms with E-state index in [2.05, 4.69) is 280 Å². The Balaban J connectivity index is 0.999. The number of para-hydroxylation sites is 6.